The summed E-state index contributed by atoms with van der Waals surface area (Å²) in [5, 5.41) is 16.3. The van der Waals surface area contributed by atoms with Crippen LogP contribution in [0.2, 0.25) is 0 Å². The molecule has 3 N–H and O–H groups in total. The minimum absolute atomic E-state index is 0.0143. The van der Waals surface area contributed by atoms with Crippen LogP contribution in [0.1, 0.15) is 72.1 Å². The van der Waals surface area contributed by atoms with Crippen LogP contribution in [-0.4, -0.2) is 93.5 Å². The third-order valence-corrected chi connectivity index (χ3v) is 9.38. The van der Waals surface area contributed by atoms with Crippen molar-refractivity contribution in [1.29, 1.82) is 0 Å². The van der Waals surface area contributed by atoms with Gasteiger partial charge in [-0.1, -0.05) is 45.0 Å². The van der Waals surface area contributed by atoms with E-state index in [2.05, 4.69) is 15.6 Å². The number of ether oxygens (including phenoxy) is 1. The van der Waals surface area contributed by atoms with Crippen LogP contribution in [0, 0.1) is 18.3 Å². The summed E-state index contributed by atoms with van der Waals surface area (Å²) in [5.41, 5.74) is 3.57. The molecular formula is C34H49N5O6S. The maximum atomic E-state index is 13.9. The van der Waals surface area contributed by atoms with E-state index in [9.17, 15) is 24.3 Å². The van der Waals surface area contributed by atoms with Gasteiger partial charge in [0.05, 0.1) is 34.6 Å². The molecule has 2 fully saturated rings. The Morgan fingerprint density at radius 3 is 2.28 bits per heavy atom. The van der Waals surface area contributed by atoms with E-state index in [-0.39, 0.29) is 49.8 Å². The number of hydrogen-bond donors (Lipinski definition) is 3. The number of nitrogens with one attached hydrogen (secondary N) is 2. The second kappa shape index (κ2) is 14.6. The third kappa shape index (κ3) is 9.36. The van der Waals surface area contributed by atoms with Gasteiger partial charge in [-0.25, -0.2) is 4.98 Å². The number of aryl methyl sites for hydroxylation is 1. The number of β-amino-alcohol motifs (C(OH)–C–C–N with tert-alkyl or cyclic N) is 1. The normalized spacial score (nSPS) is 20.3. The van der Waals surface area contributed by atoms with Crippen molar-refractivity contribution in [3.05, 3.63) is 41.0 Å². The molecule has 2 aliphatic rings. The van der Waals surface area contributed by atoms with Gasteiger partial charge in [-0.05, 0) is 70.2 Å². The second-order valence-electron chi connectivity index (χ2n) is 14.5. The number of hydrogen-bond acceptors (Lipinski definition) is 9. The molecule has 11 nitrogen and oxygen atoms in total. The molecule has 0 bridgehead atoms. The number of aromatic nitrogens is 1. The molecule has 0 radical (unpaired) electrons. The molecular weight excluding hydrogens is 606 g/mol. The quantitative estimate of drug-likeness (QED) is 0.350. The summed E-state index contributed by atoms with van der Waals surface area (Å²) in [7, 11) is 0. The van der Waals surface area contributed by atoms with Crippen LogP contribution in [0.4, 0.5) is 0 Å². The first-order chi connectivity index (χ1) is 21.5. The number of carbonyl (C=O) groups is 4. The van der Waals surface area contributed by atoms with Gasteiger partial charge in [-0.3, -0.25) is 24.1 Å². The molecule has 4 rings (SSSR count). The molecule has 0 saturated carbocycles. The maximum absolute atomic E-state index is 13.9. The standard InChI is InChI=1S/C34H49N5O6S/c1-21-28(46-20-36-21)23-10-8-22(9-11-23)17-35-30(42)26-16-25(40)18-39(26)31(43)29(33(2,3)4)37-27(41)19-38-14-12-24(13-15-38)32(44)45-34(5,6)7/h8-11,20,24-26,29,40H,12-19H2,1-7H3,(H,35,42)(H,37,41)/t25-,26+,29-/m1/s1. The fourth-order valence-electron chi connectivity index (χ4n) is 5.90. The van der Waals surface area contributed by atoms with Gasteiger partial charge in [0, 0.05) is 19.5 Å². The van der Waals surface area contributed by atoms with Crippen LogP contribution in [0.15, 0.2) is 29.8 Å². The van der Waals surface area contributed by atoms with Crippen molar-refractivity contribution in [3.8, 4) is 10.4 Å². The summed E-state index contributed by atoms with van der Waals surface area (Å²) in [6.07, 6.45) is 0.479. The van der Waals surface area contributed by atoms with Crippen LogP contribution in [-0.2, 0) is 30.5 Å². The number of piperidine rings is 1. The molecule has 2 saturated heterocycles. The highest BCUT2D eigenvalue weighted by Gasteiger charge is 2.44. The summed E-state index contributed by atoms with van der Waals surface area (Å²) in [4.78, 5) is 61.7. The first-order valence-electron chi connectivity index (χ1n) is 16.0. The monoisotopic (exact) mass is 655 g/mol. The zero-order valence-electron chi connectivity index (χ0n) is 28.1. The Kier molecular flexibility index (Phi) is 11.3. The van der Waals surface area contributed by atoms with Crippen molar-refractivity contribution in [2.75, 3.05) is 26.2 Å². The maximum Gasteiger partial charge on any atom is 0.309 e. The topological polar surface area (TPSA) is 141 Å². The number of benzene rings is 1. The fraction of sp³-hybridized carbons (Fsp3) is 0.618. The first-order valence-corrected chi connectivity index (χ1v) is 16.9. The van der Waals surface area contributed by atoms with Gasteiger partial charge in [0.1, 0.15) is 17.7 Å². The van der Waals surface area contributed by atoms with Crippen LogP contribution in [0.25, 0.3) is 10.4 Å². The molecule has 3 atom stereocenters. The minimum Gasteiger partial charge on any atom is -0.460 e. The second-order valence-corrected chi connectivity index (χ2v) is 15.4. The van der Waals surface area contributed by atoms with Gasteiger partial charge >= 0.3 is 5.97 Å². The molecule has 0 spiro atoms. The zero-order chi connectivity index (χ0) is 33.8. The summed E-state index contributed by atoms with van der Waals surface area (Å²) < 4.78 is 5.52. The lowest BCUT2D eigenvalue weighted by atomic mass is 9.85. The Morgan fingerprint density at radius 1 is 1.07 bits per heavy atom. The molecule has 2 aliphatic heterocycles. The Balaban J connectivity index is 1.33. The third-order valence-electron chi connectivity index (χ3n) is 8.41. The molecule has 3 amide bonds. The highest BCUT2D eigenvalue weighted by molar-refractivity contribution is 7.13. The number of esters is 1. The van der Waals surface area contributed by atoms with E-state index in [1.807, 2.05) is 83.1 Å². The van der Waals surface area contributed by atoms with E-state index in [1.165, 1.54) is 4.90 Å². The molecule has 2 aromatic rings. The molecule has 12 heteroatoms. The van der Waals surface area contributed by atoms with Crippen LogP contribution >= 0.6 is 11.3 Å². The number of nitrogens with zero attached hydrogens (tertiary/aromatic N) is 3. The number of aliphatic hydroxyl groups is 1. The van der Waals surface area contributed by atoms with Gasteiger partial charge in [0.2, 0.25) is 17.7 Å². The highest BCUT2D eigenvalue weighted by Crippen LogP contribution is 2.28. The Labute approximate surface area is 276 Å². The smallest absolute Gasteiger partial charge is 0.309 e. The van der Waals surface area contributed by atoms with Crippen molar-refractivity contribution in [3.63, 3.8) is 0 Å². The van der Waals surface area contributed by atoms with Gasteiger partial charge in [0.25, 0.3) is 0 Å². The number of thiazole rings is 1. The van der Waals surface area contributed by atoms with Crippen LogP contribution in [0.5, 0.6) is 0 Å². The van der Waals surface area contributed by atoms with E-state index >= 15 is 0 Å². The number of rotatable bonds is 9. The number of carbonyl (C=O) groups excluding carboxylic acids is 4. The zero-order valence-corrected chi connectivity index (χ0v) is 28.9. The Morgan fingerprint density at radius 2 is 1.72 bits per heavy atom. The number of aliphatic hydroxyl groups excluding tert-OH is 1. The van der Waals surface area contributed by atoms with Gasteiger partial charge in [-0.15, -0.1) is 11.3 Å². The summed E-state index contributed by atoms with van der Waals surface area (Å²) in [6, 6.07) is 6.14. The molecule has 252 valence electrons. The fourth-order valence-corrected chi connectivity index (χ4v) is 6.71. The predicted molar refractivity (Wildman–Crippen MR) is 177 cm³/mol. The Hall–Kier alpha value is -3.35. The Bertz CT molecular complexity index is 1390. The van der Waals surface area contributed by atoms with E-state index < -0.39 is 35.1 Å². The molecule has 0 aliphatic carbocycles. The predicted octanol–water partition coefficient (Wildman–Crippen LogP) is 3.28. The molecule has 1 aromatic heterocycles. The van der Waals surface area contributed by atoms with Gasteiger partial charge in [-0.2, -0.15) is 0 Å². The first kappa shape index (κ1) is 35.5. The van der Waals surface area contributed by atoms with Crippen molar-refractivity contribution in [1.82, 2.24) is 25.4 Å². The number of amides is 3. The molecule has 46 heavy (non-hydrogen) atoms. The van der Waals surface area contributed by atoms with Gasteiger partial charge < -0.3 is 25.4 Å². The molecule has 1 aromatic carbocycles. The number of likely N-dealkylation sites (tertiary alicyclic amines) is 2. The van der Waals surface area contributed by atoms with E-state index in [4.69, 9.17) is 4.74 Å². The lowest BCUT2D eigenvalue weighted by Gasteiger charge is -2.36. The largest absolute Gasteiger partial charge is 0.460 e. The minimum atomic E-state index is -0.900. The van der Waals surface area contributed by atoms with E-state index in [0.29, 0.717) is 25.9 Å². The highest BCUT2D eigenvalue weighted by atomic mass is 32.1. The van der Waals surface area contributed by atoms with E-state index in [1.54, 1.807) is 11.3 Å². The molecule has 3 heterocycles. The lowest BCUT2D eigenvalue weighted by molar-refractivity contribution is -0.161. The summed E-state index contributed by atoms with van der Waals surface area (Å²) in [6.45, 7) is 14.6. The van der Waals surface area contributed by atoms with Crippen molar-refractivity contribution >= 4 is 35.0 Å². The van der Waals surface area contributed by atoms with Crippen LogP contribution in [0.3, 0.4) is 0 Å². The van der Waals surface area contributed by atoms with Crippen molar-refractivity contribution in [2.45, 2.75) is 98.1 Å². The van der Waals surface area contributed by atoms with Crippen LogP contribution < -0.4 is 10.6 Å². The molecule has 0 unspecified atom stereocenters. The summed E-state index contributed by atoms with van der Waals surface area (Å²) >= 11 is 1.58. The van der Waals surface area contributed by atoms with Gasteiger partial charge in [0.15, 0.2) is 0 Å². The van der Waals surface area contributed by atoms with E-state index in [0.717, 1.165) is 21.7 Å². The SMILES string of the molecule is Cc1ncsc1-c1ccc(CNC(=O)[C@@H]2C[C@@H](O)CN2C(=O)[C@@H](NC(=O)CN2CCC(C(=O)OC(C)(C)C)CC2)C(C)(C)C)cc1. The average Bonchev–Trinajstić information content (AvgIpc) is 3.58. The van der Waals surface area contributed by atoms with Crippen molar-refractivity contribution in [2.24, 2.45) is 11.3 Å². The average molecular weight is 656 g/mol. The summed E-state index contributed by atoms with van der Waals surface area (Å²) in [5.74, 6) is -1.45. The van der Waals surface area contributed by atoms with Crippen molar-refractivity contribution < 1.29 is 29.0 Å². The lowest BCUT2D eigenvalue weighted by Crippen LogP contribution is -2.59.